The van der Waals surface area contributed by atoms with E-state index in [1.807, 2.05) is 36.1 Å². The molecular formula is C22H28N2O4S. The number of likely N-dealkylation sites (tertiary alicyclic amines) is 1. The number of methoxy groups -OCH3 is 1. The number of ether oxygens (including phenoxy) is 1. The highest BCUT2D eigenvalue weighted by atomic mass is 32.2. The van der Waals surface area contributed by atoms with Crippen molar-refractivity contribution in [2.24, 2.45) is 0 Å². The van der Waals surface area contributed by atoms with E-state index in [0.717, 1.165) is 48.8 Å². The van der Waals surface area contributed by atoms with Crippen LogP contribution in [0, 0.1) is 6.92 Å². The summed E-state index contributed by atoms with van der Waals surface area (Å²) < 4.78 is 31.1. The molecular weight excluding hydrogens is 388 g/mol. The molecule has 0 aromatic heterocycles. The van der Waals surface area contributed by atoms with Crippen LogP contribution in [-0.4, -0.2) is 39.1 Å². The molecule has 1 N–H and O–H groups in total. The lowest BCUT2D eigenvalue weighted by atomic mass is 9.99. The molecule has 0 spiro atoms. The van der Waals surface area contributed by atoms with Gasteiger partial charge in [0.05, 0.1) is 25.1 Å². The van der Waals surface area contributed by atoms with Crippen molar-refractivity contribution in [3.63, 3.8) is 0 Å². The monoisotopic (exact) mass is 416 g/mol. The van der Waals surface area contributed by atoms with E-state index in [9.17, 15) is 13.2 Å². The smallest absolute Gasteiger partial charge is 0.254 e. The Kier molecular flexibility index (Phi) is 6.47. The summed E-state index contributed by atoms with van der Waals surface area (Å²) in [5.74, 6) is 0.708. The molecule has 0 radical (unpaired) electrons. The third-order valence-corrected chi connectivity index (χ3v) is 5.88. The van der Waals surface area contributed by atoms with Crippen LogP contribution in [0.3, 0.4) is 0 Å². The minimum Gasteiger partial charge on any atom is -0.497 e. The first kappa shape index (κ1) is 21.2. The standard InChI is InChI=1S/C22H28N2O4S/c1-16-8-9-18(15-20(16)23-29(3,26)27)22(25)24-14-6-4-5-7-21(24)17-10-12-19(28-2)13-11-17/h8-13,15,21,23H,4-7,14H2,1-3H3/t21-/m1/s1. The van der Waals surface area contributed by atoms with E-state index < -0.39 is 10.0 Å². The van der Waals surface area contributed by atoms with Gasteiger partial charge in [-0.05, 0) is 55.2 Å². The van der Waals surface area contributed by atoms with Crippen molar-refractivity contribution >= 4 is 21.6 Å². The lowest BCUT2D eigenvalue weighted by Gasteiger charge is -2.31. The second-order valence-corrected chi connectivity index (χ2v) is 9.29. The van der Waals surface area contributed by atoms with Crippen LogP contribution in [0.2, 0.25) is 0 Å². The Hall–Kier alpha value is -2.54. The highest BCUT2D eigenvalue weighted by Crippen LogP contribution is 2.33. The van der Waals surface area contributed by atoms with Gasteiger partial charge in [0, 0.05) is 12.1 Å². The van der Waals surface area contributed by atoms with Gasteiger partial charge in [-0.3, -0.25) is 9.52 Å². The molecule has 29 heavy (non-hydrogen) atoms. The normalized spacial score (nSPS) is 17.5. The van der Waals surface area contributed by atoms with E-state index in [1.54, 1.807) is 25.3 Å². The molecule has 0 saturated carbocycles. The van der Waals surface area contributed by atoms with Crippen molar-refractivity contribution in [3.05, 3.63) is 59.2 Å². The molecule has 156 valence electrons. The van der Waals surface area contributed by atoms with Crippen molar-refractivity contribution in [1.29, 1.82) is 0 Å². The van der Waals surface area contributed by atoms with Crippen LogP contribution in [0.1, 0.15) is 53.2 Å². The van der Waals surface area contributed by atoms with Gasteiger partial charge < -0.3 is 9.64 Å². The number of carbonyl (C=O) groups is 1. The highest BCUT2D eigenvalue weighted by molar-refractivity contribution is 7.92. The Bertz CT molecular complexity index is 971. The van der Waals surface area contributed by atoms with Crippen LogP contribution in [0.5, 0.6) is 5.75 Å². The van der Waals surface area contributed by atoms with E-state index in [2.05, 4.69) is 4.72 Å². The zero-order chi connectivity index (χ0) is 21.0. The third kappa shape index (κ3) is 5.29. The zero-order valence-electron chi connectivity index (χ0n) is 17.1. The minimum absolute atomic E-state index is 0.0106. The molecule has 2 aromatic carbocycles. The van der Waals surface area contributed by atoms with Crippen molar-refractivity contribution in [2.75, 3.05) is 24.6 Å². The van der Waals surface area contributed by atoms with Gasteiger partial charge in [0.1, 0.15) is 5.75 Å². The number of carbonyl (C=O) groups excluding carboxylic acids is 1. The average Bonchev–Trinajstić information content (AvgIpc) is 2.94. The summed E-state index contributed by atoms with van der Waals surface area (Å²) in [6.07, 6.45) is 5.12. The fourth-order valence-electron chi connectivity index (χ4n) is 3.75. The Morgan fingerprint density at radius 1 is 1.10 bits per heavy atom. The number of anilines is 1. The van der Waals surface area contributed by atoms with Crippen molar-refractivity contribution in [1.82, 2.24) is 4.90 Å². The van der Waals surface area contributed by atoms with Crippen molar-refractivity contribution in [3.8, 4) is 5.75 Å². The predicted octanol–water partition coefficient (Wildman–Crippen LogP) is 4.13. The van der Waals surface area contributed by atoms with Gasteiger partial charge in [0.15, 0.2) is 0 Å². The maximum absolute atomic E-state index is 13.4. The van der Waals surface area contributed by atoms with E-state index in [4.69, 9.17) is 4.74 Å². The van der Waals surface area contributed by atoms with Gasteiger partial charge in [-0.1, -0.05) is 31.0 Å². The van der Waals surface area contributed by atoms with Crippen LogP contribution in [0.15, 0.2) is 42.5 Å². The van der Waals surface area contributed by atoms with Crippen LogP contribution in [0.4, 0.5) is 5.69 Å². The summed E-state index contributed by atoms with van der Waals surface area (Å²) >= 11 is 0. The maximum Gasteiger partial charge on any atom is 0.254 e. The van der Waals surface area contributed by atoms with Gasteiger partial charge in [0.25, 0.3) is 5.91 Å². The summed E-state index contributed by atoms with van der Waals surface area (Å²) in [5, 5.41) is 0. The molecule has 1 atom stereocenters. The fraction of sp³-hybridized carbons (Fsp3) is 0.409. The Morgan fingerprint density at radius 3 is 2.48 bits per heavy atom. The number of hydrogen-bond acceptors (Lipinski definition) is 4. The van der Waals surface area contributed by atoms with Crippen LogP contribution < -0.4 is 9.46 Å². The molecule has 7 heteroatoms. The van der Waals surface area contributed by atoms with Crippen molar-refractivity contribution < 1.29 is 17.9 Å². The van der Waals surface area contributed by atoms with Gasteiger partial charge in [-0.15, -0.1) is 0 Å². The van der Waals surface area contributed by atoms with Gasteiger partial charge >= 0.3 is 0 Å². The minimum atomic E-state index is -3.42. The van der Waals surface area contributed by atoms with Gasteiger partial charge in [0.2, 0.25) is 10.0 Å². The number of benzene rings is 2. The number of sulfonamides is 1. The third-order valence-electron chi connectivity index (χ3n) is 5.29. The molecule has 0 unspecified atom stereocenters. The number of nitrogens with one attached hydrogen (secondary N) is 1. The molecule has 1 aliphatic heterocycles. The molecule has 1 saturated heterocycles. The highest BCUT2D eigenvalue weighted by Gasteiger charge is 2.28. The first-order chi connectivity index (χ1) is 13.8. The summed E-state index contributed by atoms with van der Waals surface area (Å²) in [7, 11) is -1.79. The topological polar surface area (TPSA) is 75.7 Å². The number of nitrogens with zero attached hydrogens (tertiary/aromatic N) is 1. The Labute approximate surface area is 172 Å². The molecule has 0 aliphatic carbocycles. The molecule has 1 amide bonds. The van der Waals surface area contributed by atoms with E-state index in [-0.39, 0.29) is 11.9 Å². The Balaban J connectivity index is 1.92. The lowest BCUT2D eigenvalue weighted by molar-refractivity contribution is 0.0681. The molecule has 2 aromatic rings. The molecule has 1 fully saturated rings. The number of rotatable bonds is 5. The summed E-state index contributed by atoms with van der Waals surface area (Å²) in [4.78, 5) is 15.3. The second kappa shape index (κ2) is 8.86. The van der Waals surface area contributed by atoms with Crippen molar-refractivity contribution in [2.45, 2.75) is 38.6 Å². The summed E-state index contributed by atoms with van der Waals surface area (Å²) in [5.41, 5.74) is 2.79. The maximum atomic E-state index is 13.4. The molecule has 1 aliphatic rings. The summed E-state index contributed by atoms with van der Waals surface area (Å²) in [6, 6.07) is 13.0. The summed E-state index contributed by atoms with van der Waals surface area (Å²) in [6.45, 7) is 2.49. The number of hydrogen-bond donors (Lipinski definition) is 1. The van der Waals surface area contributed by atoms with Gasteiger partial charge in [-0.2, -0.15) is 0 Å². The van der Waals surface area contributed by atoms with Crippen LogP contribution >= 0.6 is 0 Å². The average molecular weight is 417 g/mol. The van der Waals surface area contributed by atoms with Gasteiger partial charge in [-0.25, -0.2) is 8.42 Å². The second-order valence-electron chi connectivity index (χ2n) is 7.54. The quantitative estimate of drug-likeness (QED) is 0.795. The molecule has 6 nitrogen and oxygen atoms in total. The first-order valence-corrected chi connectivity index (χ1v) is 11.7. The fourth-order valence-corrected chi connectivity index (χ4v) is 4.37. The molecule has 1 heterocycles. The predicted molar refractivity (Wildman–Crippen MR) is 115 cm³/mol. The van der Waals surface area contributed by atoms with E-state index in [1.165, 1.54) is 0 Å². The number of amides is 1. The Morgan fingerprint density at radius 2 is 1.83 bits per heavy atom. The molecule has 3 rings (SSSR count). The number of aryl methyl sites for hydroxylation is 1. The van der Waals surface area contributed by atoms with Crippen LogP contribution in [-0.2, 0) is 10.0 Å². The van der Waals surface area contributed by atoms with E-state index >= 15 is 0 Å². The zero-order valence-corrected chi connectivity index (χ0v) is 18.0. The van der Waals surface area contributed by atoms with E-state index in [0.29, 0.717) is 17.8 Å². The first-order valence-electron chi connectivity index (χ1n) is 9.82. The lowest BCUT2D eigenvalue weighted by Crippen LogP contribution is -2.35. The SMILES string of the molecule is COc1ccc([C@H]2CCCCCN2C(=O)c2ccc(C)c(NS(C)(=O)=O)c2)cc1. The molecule has 0 bridgehead atoms. The van der Waals surface area contributed by atoms with Crippen LogP contribution in [0.25, 0.3) is 0 Å². The largest absolute Gasteiger partial charge is 0.497 e.